The molecule has 5 nitrogen and oxygen atoms in total. The van der Waals surface area contributed by atoms with Crippen molar-refractivity contribution >= 4 is 17.7 Å². The Balaban J connectivity index is 1.50. The average Bonchev–Trinajstić information content (AvgIpc) is 2.68. The molecule has 2 heterocycles. The van der Waals surface area contributed by atoms with Gasteiger partial charge < -0.3 is 9.64 Å². The van der Waals surface area contributed by atoms with Crippen molar-refractivity contribution in [3.05, 3.63) is 53.9 Å². The number of alkyl halides is 3. The van der Waals surface area contributed by atoms with E-state index in [0.717, 1.165) is 30.0 Å². The molecule has 0 spiro atoms. The summed E-state index contributed by atoms with van der Waals surface area (Å²) in [6, 6.07) is 10.4. The fourth-order valence-electron chi connectivity index (χ4n) is 2.89. The summed E-state index contributed by atoms with van der Waals surface area (Å²) in [5.74, 6) is 1.10. The zero-order valence-corrected chi connectivity index (χ0v) is 15.9. The number of piperidine rings is 1. The lowest BCUT2D eigenvalue weighted by atomic mass is 10.1. The Kier molecular flexibility index (Phi) is 6.77. The van der Waals surface area contributed by atoms with E-state index >= 15 is 0 Å². The van der Waals surface area contributed by atoms with E-state index in [2.05, 4.69) is 9.97 Å². The van der Waals surface area contributed by atoms with E-state index in [9.17, 15) is 18.0 Å². The molecule has 1 aliphatic rings. The Labute approximate surface area is 165 Å². The number of carbonyl (C=O) groups is 1. The minimum Gasteiger partial charge on any atom is -0.458 e. The molecule has 28 heavy (non-hydrogen) atoms. The maximum Gasteiger partial charge on any atom is 0.433 e. The fraction of sp³-hybridized carbons (Fsp3) is 0.421. The Morgan fingerprint density at radius 2 is 2.04 bits per heavy atom. The quantitative estimate of drug-likeness (QED) is 0.724. The number of benzene rings is 1. The molecule has 0 saturated carbocycles. The SMILES string of the molecule is O=C(CSCc1ccccc1)N1CCCC(Oc2nccc(C(F)(F)F)n2)C1. The third kappa shape index (κ3) is 5.85. The molecule has 0 N–H and O–H groups in total. The van der Waals surface area contributed by atoms with Crippen LogP contribution >= 0.6 is 11.8 Å². The van der Waals surface area contributed by atoms with Gasteiger partial charge in [0.25, 0.3) is 0 Å². The van der Waals surface area contributed by atoms with E-state index < -0.39 is 18.0 Å². The van der Waals surface area contributed by atoms with Crippen LogP contribution in [0, 0.1) is 0 Å². The molecule has 1 aromatic carbocycles. The predicted molar refractivity (Wildman–Crippen MR) is 99.9 cm³/mol. The topological polar surface area (TPSA) is 55.3 Å². The van der Waals surface area contributed by atoms with Crippen LogP contribution in [0.25, 0.3) is 0 Å². The van der Waals surface area contributed by atoms with Crippen molar-refractivity contribution in [3.63, 3.8) is 0 Å². The second kappa shape index (κ2) is 9.27. The highest BCUT2D eigenvalue weighted by atomic mass is 32.2. The van der Waals surface area contributed by atoms with Gasteiger partial charge in [-0.2, -0.15) is 18.2 Å². The molecule has 1 unspecified atom stereocenters. The van der Waals surface area contributed by atoms with Gasteiger partial charge in [0.1, 0.15) is 6.10 Å². The van der Waals surface area contributed by atoms with Gasteiger partial charge in [-0.1, -0.05) is 30.3 Å². The monoisotopic (exact) mass is 411 g/mol. The molecule has 3 rings (SSSR count). The molecule has 0 aliphatic carbocycles. The number of aromatic nitrogens is 2. The van der Waals surface area contributed by atoms with Gasteiger partial charge >= 0.3 is 12.2 Å². The molecule has 0 radical (unpaired) electrons. The lowest BCUT2D eigenvalue weighted by Crippen LogP contribution is -2.45. The highest BCUT2D eigenvalue weighted by molar-refractivity contribution is 7.99. The van der Waals surface area contributed by atoms with Crippen LogP contribution in [-0.2, 0) is 16.7 Å². The molecule has 1 aliphatic heterocycles. The van der Waals surface area contributed by atoms with Crippen LogP contribution in [0.2, 0.25) is 0 Å². The highest BCUT2D eigenvalue weighted by Gasteiger charge is 2.33. The number of hydrogen-bond acceptors (Lipinski definition) is 5. The number of halogens is 3. The first kappa shape index (κ1) is 20.4. The summed E-state index contributed by atoms with van der Waals surface area (Å²) in [5.41, 5.74) is 0.111. The first-order valence-corrected chi connectivity index (χ1v) is 10.0. The van der Waals surface area contributed by atoms with E-state index in [1.807, 2.05) is 30.3 Å². The number of likely N-dealkylation sites (tertiary alicyclic amines) is 1. The number of amides is 1. The van der Waals surface area contributed by atoms with Crippen LogP contribution in [0.3, 0.4) is 0 Å². The summed E-state index contributed by atoms with van der Waals surface area (Å²) < 4.78 is 43.8. The van der Waals surface area contributed by atoms with Gasteiger partial charge in [-0.15, -0.1) is 11.8 Å². The van der Waals surface area contributed by atoms with Gasteiger partial charge in [-0.05, 0) is 24.5 Å². The maximum absolute atomic E-state index is 12.8. The van der Waals surface area contributed by atoms with Crippen molar-refractivity contribution in [2.45, 2.75) is 30.9 Å². The summed E-state index contributed by atoms with van der Waals surface area (Å²) in [7, 11) is 0. The van der Waals surface area contributed by atoms with E-state index in [0.29, 0.717) is 25.3 Å². The molecular weight excluding hydrogens is 391 g/mol. The lowest BCUT2D eigenvalue weighted by Gasteiger charge is -2.32. The normalized spacial score (nSPS) is 17.4. The standard InChI is InChI=1S/C19H20F3N3O2S/c20-19(21,22)16-8-9-23-18(24-16)27-15-7-4-10-25(11-15)17(26)13-28-12-14-5-2-1-3-6-14/h1-3,5-6,8-9,15H,4,7,10-13H2. The van der Waals surface area contributed by atoms with Crippen molar-refractivity contribution in [1.82, 2.24) is 14.9 Å². The van der Waals surface area contributed by atoms with Crippen LogP contribution in [0.5, 0.6) is 6.01 Å². The van der Waals surface area contributed by atoms with Crippen molar-refractivity contribution in [1.29, 1.82) is 0 Å². The third-order valence-corrected chi connectivity index (χ3v) is 5.25. The number of nitrogens with zero attached hydrogens (tertiary/aromatic N) is 3. The van der Waals surface area contributed by atoms with Crippen LogP contribution in [0.15, 0.2) is 42.6 Å². The van der Waals surface area contributed by atoms with Crippen LogP contribution in [0.1, 0.15) is 24.1 Å². The van der Waals surface area contributed by atoms with Crippen LogP contribution < -0.4 is 4.74 Å². The predicted octanol–water partition coefficient (Wildman–Crippen LogP) is 3.80. The largest absolute Gasteiger partial charge is 0.458 e. The Morgan fingerprint density at radius 1 is 1.25 bits per heavy atom. The number of hydrogen-bond donors (Lipinski definition) is 0. The number of thioether (sulfide) groups is 1. The number of ether oxygens (including phenoxy) is 1. The summed E-state index contributed by atoms with van der Waals surface area (Å²) in [4.78, 5) is 21.3. The van der Waals surface area contributed by atoms with Crippen molar-refractivity contribution in [3.8, 4) is 6.01 Å². The Bertz CT molecular complexity index is 789. The first-order valence-electron chi connectivity index (χ1n) is 8.88. The van der Waals surface area contributed by atoms with Gasteiger partial charge in [0.15, 0.2) is 5.69 Å². The fourth-order valence-corrected chi connectivity index (χ4v) is 3.77. The zero-order valence-electron chi connectivity index (χ0n) is 15.1. The van der Waals surface area contributed by atoms with Crippen molar-refractivity contribution in [2.75, 3.05) is 18.8 Å². The van der Waals surface area contributed by atoms with Crippen molar-refractivity contribution < 1.29 is 22.7 Å². The summed E-state index contributed by atoms with van der Waals surface area (Å²) in [5, 5.41) is 0. The molecule has 2 aromatic rings. The Hall–Kier alpha value is -2.29. The summed E-state index contributed by atoms with van der Waals surface area (Å²) in [6.07, 6.45) is -2.58. The third-order valence-electron chi connectivity index (χ3n) is 4.26. The molecular formula is C19H20F3N3O2S. The maximum atomic E-state index is 12.8. The van der Waals surface area contributed by atoms with E-state index in [-0.39, 0.29) is 11.9 Å². The Morgan fingerprint density at radius 3 is 2.79 bits per heavy atom. The lowest BCUT2D eigenvalue weighted by molar-refractivity contribution is -0.141. The number of rotatable bonds is 6. The molecule has 1 atom stereocenters. The minimum absolute atomic E-state index is 0.000748. The highest BCUT2D eigenvalue weighted by Crippen LogP contribution is 2.28. The summed E-state index contributed by atoms with van der Waals surface area (Å²) >= 11 is 1.54. The van der Waals surface area contributed by atoms with E-state index in [1.165, 1.54) is 11.8 Å². The van der Waals surface area contributed by atoms with E-state index in [4.69, 9.17) is 4.74 Å². The van der Waals surface area contributed by atoms with Gasteiger partial charge in [-0.3, -0.25) is 4.79 Å². The van der Waals surface area contributed by atoms with Gasteiger partial charge in [0.2, 0.25) is 5.91 Å². The molecule has 1 saturated heterocycles. The molecule has 150 valence electrons. The summed E-state index contributed by atoms with van der Waals surface area (Å²) in [6.45, 7) is 0.943. The molecule has 9 heteroatoms. The molecule has 0 bridgehead atoms. The van der Waals surface area contributed by atoms with Gasteiger partial charge in [0, 0.05) is 18.5 Å². The average molecular weight is 411 g/mol. The van der Waals surface area contributed by atoms with E-state index in [1.54, 1.807) is 4.90 Å². The van der Waals surface area contributed by atoms with Crippen LogP contribution in [0.4, 0.5) is 13.2 Å². The van der Waals surface area contributed by atoms with Crippen LogP contribution in [-0.4, -0.2) is 45.7 Å². The van der Waals surface area contributed by atoms with Gasteiger partial charge in [-0.25, -0.2) is 4.98 Å². The molecule has 1 amide bonds. The second-order valence-electron chi connectivity index (χ2n) is 6.42. The van der Waals surface area contributed by atoms with Gasteiger partial charge in [0.05, 0.1) is 12.3 Å². The first-order chi connectivity index (χ1) is 13.4. The minimum atomic E-state index is -4.55. The second-order valence-corrected chi connectivity index (χ2v) is 7.41. The number of carbonyl (C=O) groups excluding carboxylic acids is 1. The molecule has 1 fully saturated rings. The zero-order chi connectivity index (χ0) is 20.0. The smallest absolute Gasteiger partial charge is 0.433 e. The molecule has 1 aromatic heterocycles. The van der Waals surface area contributed by atoms with Crippen molar-refractivity contribution in [2.24, 2.45) is 0 Å².